The molecule has 16 heavy (non-hydrogen) atoms. The first-order valence-electron chi connectivity index (χ1n) is 6.20. The Morgan fingerprint density at radius 1 is 1.06 bits per heavy atom. The molecule has 0 saturated carbocycles. The van der Waals surface area contributed by atoms with E-state index in [1.54, 1.807) is 4.31 Å². The fraction of sp³-hybridized carbons (Fsp3) is 1.00. The standard InChI is InChI=1S/C11H26N2O2S/c1-4-9-13(10-5-2)16(14,15)11-7-6-8-12-3/h12H,4-11H2,1-3H3. The second kappa shape index (κ2) is 8.96. The Balaban J connectivity index is 4.13. The monoisotopic (exact) mass is 250 g/mol. The lowest BCUT2D eigenvalue weighted by atomic mass is 10.3. The number of nitrogens with one attached hydrogen (secondary N) is 1. The molecule has 0 aliphatic heterocycles. The molecule has 0 atom stereocenters. The summed E-state index contributed by atoms with van der Waals surface area (Å²) < 4.78 is 25.6. The summed E-state index contributed by atoms with van der Waals surface area (Å²) in [6, 6.07) is 0. The van der Waals surface area contributed by atoms with Crippen molar-refractivity contribution in [1.29, 1.82) is 0 Å². The van der Waals surface area contributed by atoms with Gasteiger partial charge < -0.3 is 5.32 Å². The van der Waals surface area contributed by atoms with Crippen LogP contribution in [0.15, 0.2) is 0 Å². The van der Waals surface area contributed by atoms with E-state index in [-0.39, 0.29) is 5.75 Å². The van der Waals surface area contributed by atoms with Crippen LogP contribution in [0, 0.1) is 0 Å². The van der Waals surface area contributed by atoms with Crippen LogP contribution in [0.2, 0.25) is 0 Å². The number of sulfonamides is 1. The molecule has 0 spiro atoms. The zero-order chi connectivity index (χ0) is 12.4. The van der Waals surface area contributed by atoms with Crippen molar-refractivity contribution in [1.82, 2.24) is 9.62 Å². The van der Waals surface area contributed by atoms with Crippen molar-refractivity contribution in [3.05, 3.63) is 0 Å². The lowest BCUT2D eigenvalue weighted by molar-refractivity contribution is 0.408. The molecule has 0 heterocycles. The molecule has 98 valence electrons. The van der Waals surface area contributed by atoms with E-state index >= 15 is 0 Å². The van der Waals surface area contributed by atoms with Crippen molar-refractivity contribution in [3.63, 3.8) is 0 Å². The smallest absolute Gasteiger partial charge is 0.214 e. The van der Waals surface area contributed by atoms with Gasteiger partial charge in [0, 0.05) is 13.1 Å². The molecule has 0 aliphatic carbocycles. The molecule has 0 bridgehead atoms. The van der Waals surface area contributed by atoms with Crippen molar-refractivity contribution in [2.45, 2.75) is 39.5 Å². The summed E-state index contributed by atoms with van der Waals surface area (Å²) in [5.41, 5.74) is 0. The second-order valence-electron chi connectivity index (χ2n) is 4.03. The molecule has 0 radical (unpaired) electrons. The fourth-order valence-corrected chi connectivity index (χ4v) is 3.35. The van der Waals surface area contributed by atoms with E-state index in [4.69, 9.17) is 0 Å². The average Bonchev–Trinajstić information content (AvgIpc) is 2.24. The average molecular weight is 250 g/mol. The maximum absolute atomic E-state index is 12.0. The molecule has 0 unspecified atom stereocenters. The molecule has 0 aliphatic rings. The maximum atomic E-state index is 12.0. The molecule has 0 aromatic carbocycles. The summed E-state index contributed by atoms with van der Waals surface area (Å²) in [4.78, 5) is 0. The van der Waals surface area contributed by atoms with Gasteiger partial charge in [0.05, 0.1) is 5.75 Å². The van der Waals surface area contributed by atoms with Crippen LogP contribution in [0.3, 0.4) is 0 Å². The molecule has 0 fully saturated rings. The lowest BCUT2D eigenvalue weighted by Crippen LogP contribution is -2.34. The van der Waals surface area contributed by atoms with Crippen LogP contribution < -0.4 is 5.32 Å². The molecule has 1 N–H and O–H groups in total. The number of hydrogen-bond acceptors (Lipinski definition) is 3. The Morgan fingerprint density at radius 2 is 1.62 bits per heavy atom. The number of hydrogen-bond donors (Lipinski definition) is 1. The van der Waals surface area contributed by atoms with Crippen molar-refractivity contribution < 1.29 is 8.42 Å². The van der Waals surface area contributed by atoms with E-state index in [1.807, 2.05) is 20.9 Å². The number of unbranched alkanes of at least 4 members (excludes halogenated alkanes) is 1. The topological polar surface area (TPSA) is 49.4 Å². The Kier molecular flexibility index (Phi) is 8.89. The van der Waals surface area contributed by atoms with E-state index in [9.17, 15) is 8.42 Å². The van der Waals surface area contributed by atoms with Crippen molar-refractivity contribution in [2.75, 3.05) is 32.4 Å². The van der Waals surface area contributed by atoms with Crippen LogP contribution in [0.25, 0.3) is 0 Å². The van der Waals surface area contributed by atoms with Gasteiger partial charge in [-0.2, -0.15) is 0 Å². The first kappa shape index (κ1) is 15.9. The SMILES string of the molecule is CCCN(CCC)S(=O)(=O)CCCCNC. The van der Waals surface area contributed by atoms with E-state index in [0.29, 0.717) is 13.1 Å². The van der Waals surface area contributed by atoms with Crippen molar-refractivity contribution in [3.8, 4) is 0 Å². The van der Waals surface area contributed by atoms with Gasteiger partial charge in [0.15, 0.2) is 0 Å². The van der Waals surface area contributed by atoms with Gasteiger partial charge in [0.2, 0.25) is 10.0 Å². The van der Waals surface area contributed by atoms with Crippen LogP contribution in [0.5, 0.6) is 0 Å². The van der Waals surface area contributed by atoms with Gasteiger partial charge in [0.1, 0.15) is 0 Å². The van der Waals surface area contributed by atoms with Gasteiger partial charge >= 0.3 is 0 Å². The van der Waals surface area contributed by atoms with E-state index in [0.717, 1.165) is 32.2 Å². The van der Waals surface area contributed by atoms with E-state index in [1.165, 1.54) is 0 Å². The third-order valence-corrected chi connectivity index (χ3v) is 4.37. The predicted molar refractivity (Wildman–Crippen MR) is 69.1 cm³/mol. The predicted octanol–water partition coefficient (Wildman–Crippen LogP) is 1.44. The van der Waals surface area contributed by atoms with Gasteiger partial charge in [-0.15, -0.1) is 0 Å². The lowest BCUT2D eigenvalue weighted by Gasteiger charge is -2.20. The summed E-state index contributed by atoms with van der Waals surface area (Å²) in [5, 5.41) is 3.03. The largest absolute Gasteiger partial charge is 0.320 e. The van der Waals surface area contributed by atoms with Crippen LogP contribution in [0.1, 0.15) is 39.5 Å². The van der Waals surface area contributed by atoms with Crippen LogP contribution in [0.4, 0.5) is 0 Å². The molecule has 0 amide bonds. The van der Waals surface area contributed by atoms with Gasteiger partial charge in [-0.3, -0.25) is 0 Å². The molecule has 0 aromatic heterocycles. The number of nitrogens with zero attached hydrogens (tertiary/aromatic N) is 1. The van der Waals surface area contributed by atoms with Crippen molar-refractivity contribution in [2.24, 2.45) is 0 Å². The molecule has 5 heteroatoms. The second-order valence-corrected chi connectivity index (χ2v) is 6.11. The molecule has 0 aromatic rings. The molecule has 0 saturated heterocycles. The quantitative estimate of drug-likeness (QED) is 0.597. The Hall–Kier alpha value is -0.130. The highest BCUT2D eigenvalue weighted by atomic mass is 32.2. The van der Waals surface area contributed by atoms with Gasteiger partial charge in [-0.1, -0.05) is 13.8 Å². The minimum atomic E-state index is -3.02. The van der Waals surface area contributed by atoms with Crippen LogP contribution in [-0.2, 0) is 10.0 Å². The molecular formula is C11H26N2O2S. The highest BCUT2D eigenvalue weighted by molar-refractivity contribution is 7.89. The molecular weight excluding hydrogens is 224 g/mol. The van der Waals surface area contributed by atoms with Gasteiger partial charge in [-0.05, 0) is 39.3 Å². The third-order valence-electron chi connectivity index (χ3n) is 2.42. The fourth-order valence-electron chi connectivity index (χ4n) is 1.60. The first-order chi connectivity index (χ1) is 7.58. The van der Waals surface area contributed by atoms with Gasteiger partial charge in [0.25, 0.3) is 0 Å². The van der Waals surface area contributed by atoms with Crippen LogP contribution in [-0.4, -0.2) is 45.2 Å². The minimum absolute atomic E-state index is 0.286. The molecule has 0 rings (SSSR count). The summed E-state index contributed by atoms with van der Waals surface area (Å²) >= 11 is 0. The maximum Gasteiger partial charge on any atom is 0.214 e. The summed E-state index contributed by atoms with van der Waals surface area (Å²) in [7, 11) is -1.14. The molecule has 4 nitrogen and oxygen atoms in total. The highest BCUT2D eigenvalue weighted by Gasteiger charge is 2.19. The summed E-state index contributed by atoms with van der Waals surface area (Å²) in [6.45, 7) is 6.22. The Morgan fingerprint density at radius 3 is 2.06 bits per heavy atom. The van der Waals surface area contributed by atoms with Crippen molar-refractivity contribution >= 4 is 10.0 Å². The normalized spacial score (nSPS) is 12.2. The summed E-state index contributed by atoms with van der Waals surface area (Å²) in [5.74, 6) is 0.286. The highest BCUT2D eigenvalue weighted by Crippen LogP contribution is 2.06. The first-order valence-corrected chi connectivity index (χ1v) is 7.81. The third kappa shape index (κ3) is 6.45. The van der Waals surface area contributed by atoms with E-state index in [2.05, 4.69) is 5.32 Å². The summed E-state index contributed by atoms with van der Waals surface area (Å²) in [6.07, 6.45) is 3.43. The minimum Gasteiger partial charge on any atom is -0.320 e. The zero-order valence-corrected chi connectivity index (χ0v) is 11.6. The van der Waals surface area contributed by atoms with Crippen LogP contribution >= 0.6 is 0 Å². The zero-order valence-electron chi connectivity index (χ0n) is 10.8. The Bertz CT molecular complexity index is 247. The van der Waals surface area contributed by atoms with Gasteiger partial charge in [-0.25, -0.2) is 12.7 Å². The Labute approximate surface area is 100 Å². The number of rotatable bonds is 10. The van der Waals surface area contributed by atoms with E-state index < -0.39 is 10.0 Å².